The predicted molar refractivity (Wildman–Crippen MR) is 102 cm³/mol. The average molecular weight is 423 g/mol. The van der Waals surface area contributed by atoms with E-state index in [0.717, 1.165) is 44.6 Å². The lowest BCUT2D eigenvalue weighted by molar-refractivity contribution is 0.163. The summed E-state index contributed by atoms with van der Waals surface area (Å²) in [4.78, 5) is 2.36. The summed E-state index contributed by atoms with van der Waals surface area (Å²) < 4.78 is 0.579. The van der Waals surface area contributed by atoms with Crippen molar-refractivity contribution in [3.05, 3.63) is 40.4 Å². The van der Waals surface area contributed by atoms with Gasteiger partial charge in [-0.1, -0.05) is 6.08 Å². The van der Waals surface area contributed by atoms with Gasteiger partial charge in [0.05, 0.1) is 16.1 Å². The van der Waals surface area contributed by atoms with Crippen LogP contribution >= 0.6 is 40.7 Å². The highest BCUT2D eigenvalue weighted by Crippen LogP contribution is 2.38. The molecule has 1 heterocycles. The molecule has 128 valence electrons. The van der Waals surface area contributed by atoms with Crippen molar-refractivity contribution in [2.45, 2.75) is 18.9 Å². The highest BCUT2D eigenvalue weighted by molar-refractivity contribution is 9.10. The number of nitrogens with zero attached hydrogens (tertiary/aromatic N) is 2. The van der Waals surface area contributed by atoms with E-state index in [9.17, 15) is 5.11 Å². The van der Waals surface area contributed by atoms with Crippen LogP contribution in [0.2, 0.25) is 0 Å². The van der Waals surface area contributed by atoms with Gasteiger partial charge in [0.25, 0.3) is 0 Å². The minimum Gasteiger partial charge on any atom is -0.506 e. The maximum atomic E-state index is 10.4. The molecule has 7 heteroatoms. The molecule has 23 heavy (non-hydrogen) atoms. The largest absolute Gasteiger partial charge is 0.506 e. The van der Waals surface area contributed by atoms with Gasteiger partial charge < -0.3 is 10.4 Å². The molecule has 0 aliphatic carbocycles. The Morgan fingerprint density at radius 1 is 1.39 bits per heavy atom. The van der Waals surface area contributed by atoms with Crippen LogP contribution in [0.1, 0.15) is 30.0 Å². The fourth-order valence-corrected chi connectivity index (χ4v) is 3.22. The number of rotatable bonds is 5. The first-order valence-corrected chi connectivity index (χ1v) is 7.95. The molecule has 0 radical (unpaired) electrons. The summed E-state index contributed by atoms with van der Waals surface area (Å²) in [5.74, 6) is 0.238. The molecule has 1 aliphatic heterocycles. The summed E-state index contributed by atoms with van der Waals surface area (Å²) in [5, 5.41) is 22.9. The third-order valence-electron chi connectivity index (χ3n) is 3.82. The van der Waals surface area contributed by atoms with E-state index < -0.39 is 0 Å². The molecule has 1 aromatic carbocycles. The van der Waals surface area contributed by atoms with E-state index in [1.54, 1.807) is 12.1 Å². The molecule has 1 aromatic rings. The number of nitrogens with one attached hydrogen (secondary N) is 1. The Morgan fingerprint density at radius 2 is 2.04 bits per heavy atom. The van der Waals surface area contributed by atoms with Crippen LogP contribution in [0.25, 0.3) is 0 Å². The van der Waals surface area contributed by atoms with Crippen molar-refractivity contribution in [2.24, 2.45) is 0 Å². The Balaban J connectivity index is 0.00000242. The van der Waals surface area contributed by atoms with Crippen LogP contribution in [0, 0.1) is 11.3 Å². The minimum atomic E-state index is 0. The van der Waals surface area contributed by atoms with Gasteiger partial charge in [0, 0.05) is 37.8 Å². The number of aromatic hydroxyl groups is 1. The van der Waals surface area contributed by atoms with E-state index in [2.05, 4.69) is 38.8 Å². The maximum Gasteiger partial charge on any atom is 0.134 e. The zero-order valence-electron chi connectivity index (χ0n) is 12.8. The summed E-state index contributed by atoms with van der Waals surface area (Å²) in [6.07, 6.45) is 3.66. The summed E-state index contributed by atoms with van der Waals surface area (Å²) >= 11 is 3.35. The Kier molecular flexibility index (Phi) is 10.5. The quantitative estimate of drug-likeness (QED) is 0.708. The summed E-state index contributed by atoms with van der Waals surface area (Å²) in [6, 6.07) is 5.72. The topological polar surface area (TPSA) is 59.3 Å². The molecule has 1 atom stereocenters. The first-order valence-electron chi connectivity index (χ1n) is 7.15. The smallest absolute Gasteiger partial charge is 0.134 e. The first-order chi connectivity index (χ1) is 10.2. The number of piperazine rings is 1. The fraction of sp³-hybridized carbons (Fsp3) is 0.438. The molecule has 1 aliphatic rings. The van der Waals surface area contributed by atoms with E-state index in [-0.39, 0.29) is 36.6 Å². The van der Waals surface area contributed by atoms with Crippen molar-refractivity contribution < 1.29 is 5.11 Å². The second-order valence-corrected chi connectivity index (χ2v) is 6.03. The highest BCUT2D eigenvalue weighted by Gasteiger charge is 2.25. The monoisotopic (exact) mass is 421 g/mol. The van der Waals surface area contributed by atoms with Crippen LogP contribution in [0.5, 0.6) is 5.75 Å². The molecule has 0 amide bonds. The van der Waals surface area contributed by atoms with Gasteiger partial charge in [-0.3, -0.25) is 4.90 Å². The van der Waals surface area contributed by atoms with Crippen molar-refractivity contribution in [3.8, 4) is 11.8 Å². The van der Waals surface area contributed by atoms with Crippen molar-refractivity contribution >= 4 is 40.7 Å². The van der Waals surface area contributed by atoms with Crippen LogP contribution in [0.4, 0.5) is 0 Å². The van der Waals surface area contributed by atoms with Gasteiger partial charge in [-0.25, -0.2) is 0 Å². The number of hydrogen-bond donors (Lipinski definition) is 2. The summed E-state index contributed by atoms with van der Waals surface area (Å²) in [7, 11) is 0. The molecular formula is C16H22BrCl2N3O. The third-order valence-corrected chi connectivity index (χ3v) is 4.42. The van der Waals surface area contributed by atoms with E-state index in [1.807, 2.05) is 6.08 Å². The van der Waals surface area contributed by atoms with Crippen LogP contribution in [0.3, 0.4) is 0 Å². The number of halogens is 3. The number of hydrogen-bond acceptors (Lipinski definition) is 4. The number of nitriles is 1. The second kappa shape index (κ2) is 10.9. The van der Waals surface area contributed by atoms with Gasteiger partial charge in [0.1, 0.15) is 5.75 Å². The molecule has 0 saturated carbocycles. The van der Waals surface area contributed by atoms with Crippen LogP contribution in [-0.4, -0.2) is 36.2 Å². The average Bonchev–Trinajstić information content (AvgIpc) is 2.52. The van der Waals surface area contributed by atoms with Gasteiger partial charge in [0.15, 0.2) is 0 Å². The lowest BCUT2D eigenvalue weighted by Crippen LogP contribution is -2.45. The molecular weight excluding hydrogens is 401 g/mol. The lowest BCUT2D eigenvalue weighted by Gasteiger charge is -2.35. The van der Waals surface area contributed by atoms with Gasteiger partial charge in [-0.05, 0) is 40.9 Å². The molecule has 1 fully saturated rings. The zero-order valence-corrected chi connectivity index (χ0v) is 16.0. The first kappa shape index (κ1) is 22.2. The molecule has 0 spiro atoms. The highest BCUT2D eigenvalue weighted by atomic mass is 79.9. The fourth-order valence-electron chi connectivity index (χ4n) is 2.74. The number of benzene rings is 1. The van der Waals surface area contributed by atoms with E-state index >= 15 is 0 Å². The molecule has 1 saturated heterocycles. The van der Waals surface area contributed by atoms with Crippen molar-refractivity contribution in [3.63, 3.8) is 0 Å². The van der Waals surface area contributed by atoms with Crippen molar-refractivity contribution in [1.29, 1.82) is 5.26 Å². The standard InChI is InChI=1S/C16H20BrN3O.2ClH/c1-2-3-4-15(20-7-5-19-6-8-20)13-9-12(11-18)10-14(17)16(13)21;;/h2,9-10,15,19,21H,1,3-8H2;2*1H/t15-;;/m1../s1. The van der Waals surface area contributed by atoms with Gasteiger partial charge in [-0.2, -0.15) is 5.26 Å². The molecule has 2 N–H and O–H groups in total. The van der Waals surface area contributed by atoms with Crippen LogP contribution in [0.15, 0.2) is 29.3 Å². The second-order valence-electron chi connectivity index (χ2n) is 5.18. The van der Waals surface area contributed by atoms with E-state index in [4.69, 9.17) is 5.26 Å². The van der Waals surface area contributed by atoms with Crippen molar-refractivity contribution in [1.82, 2.24) is 10.2 Å². The van der Waals surface area contributed by atoms with Gasteiger partial charge in [-0.15, -0.1) is 31.4 Å². The van der Waals surface area contributed by atoms with Crippen LogP contribution in [-0.2, 0) is 0 Å². The van der Waals surface area contributed by atoms with Gasteiger partial charge in [0.2, 0.25) is 0 Å². The third kappa shape index (κ3) is 5.66. The zero-order chi connectivity index (χ0) is 15.2. The number of phenols is 1. The Morgan fingerprint density at radius 3 is 2.61 bits per heavy atom. The molecule has 0 aromatic heterocycles. The molecule has 2 rings (SSSR count). The SMILES string of the molecule is C=CCC[C@H](c1cc(C#N)cc(Br)c1O)N1CCNCC1.Cl.Cl. The Labute approximate surface area is 158 Å². The maximum absolute atomic E-state index is 10.4. The molecule has 4 nitrogen and oxygen atoms in total. The minimum absolute atomic E-state index is 0. The summed E-state index contributed by atoms with van der Waals surface area (Å²) in [6.45, 7) is 7.57. The van der Waals surface area contributed by atoms with Gasteiger partial charge >= 0.3 is 0 Å². The molecule has 0 bridgehead atoms. The number of phenolic OH excluding ortho intramolecular Hbond substituents is 1. The number of allylic oxidation sites excluding steroid dienone is 1. The predicted octanol–water partition coefficient (Wildman–Crippen LogP) is 3.78. The normalized spacial score (nSPS) is 15.7. The molecule has 0 unspecified atom stereocenters. The van der Waals surface area contributed by atoms with E-state index in [1.165, 1.54) is 0 Å². The lowest BCUT2D eigenvalue weighted by atomic mass is 9.97. The Hall–Kier alpha value is -0.770. The summed E-state index contributed by atoms with van der Waals surface area (Å²) in [5.41, 5.74) is 1.39. The van der Waals surface area contributed by atoms with Crippen molar-refractivity contribution in [2.75, 3.05) is 26.2 Å². The van der Waals surface area contributed by atoms with Crippen LogP contribution < -0.4 is 5.32 Å². The Bertz CT molecular complexity index is 557. The van der Waals surface area contributed by atoms with E-state index in [0.29, 0.717) is 10.0 Å².